The summed E-state index contributed by atoms with van der Waals surface area (Å²) in [7, 11) is 6.20. The lowest BCUT2D eigenvalue weighted by molar-refractivity contribution is -0.117. The molecule has 0 radical (unpaired) electrons. The Kier molecular flexibility index (Phi) is 8.40. The summed E-state index contributed by atoms with van der Waals surface area (Å²) in [5.41, 5.74) is 9.61. The number of ether oxygens (including phenoxy) is 4. The third kappa shape index (κ3) is 5.59. The van der Waals surface area contributed by atoms with Crippen LogP contribution in [0.25, 0.3) is 5.57 Å². The van der Waals surface area contributed by atoms with Crippen molar-refractivity contribution in [3.8, 4) is 23.0 Å². The molecule has 8 nitrogen and oxygen atoms in total. The van der Waals surface area contributed by atoms with Gasteiger partial charge in [0, 0.05) is 12.0 Å². The largest absolute Gasteiger partial charge is 0.495 e. The fraction of sp³-hybridized carbons (Fsp3) is 0.407. The molecule has 2 aromatic rings. The molecule has 0 spiro atoms. The molecule has 35 heavy (non-hydrogen) atoms. The summed E-state index contributed by atoms with van der Waals surface area (Å²) in [5.74, 6) is 1.96. The first kappa shape index (κ1) is 26.1. The number of fused-ring (bicyclic) bond motifs is 1. The highest BCUT2D eigenvalue weighted by atomic mass is 16.5. The molecule has 188 valence electrons. The second-order valence-corrected chi connectivity index (χ2v) is 8.84. The summed E-state index contributed by atoms with van der Waals surface area (Å²) >= 11 is 0. The molecule has 1 aliphatic rings. The molecule has 0 bridgehead atoms. The zero-order valence-electron chi connectivity index (χ0n) is 21.2. The molecule has 1 atom stereocenters. The van der Waals surface area contributed by atoms with Crippen molar-refractivity contribution in [1.82, 2.24) is 0 Å². The molecule has 3 N–H and O–H groups in total. The van der Waals surface area contributed by atoms with Gasteiger partial charge in [-0.3, -0.25) is 9.59 Å². The summed E-state index contributed by atoms with van der Waals surface area (Å²) in [4.78, 5) is 25.5. The van der Waals surface area contributed by atoms with E-state index in [1.807, 2.05) is 26.0 Å². The Balaban J connectivity index is 2.14. The highest BCUT2D eigenvalue weighted by Gasteiger charge is 2.26. The molecule has 0 saturated carbocycles. The molecule has 1 unspecified atom stereocenters. The molecule has 0 heterocycles. The molecular weight excluding hydrogens is 448 g/mol. The zero-order chi connectivity index (χ0) is 25.7. The van der Waals surface area contributed by atoms with Crippen molar-refractivity contribution in [3.05, 3.63) is 47.0 Å². The minimum absolute atomic E-state index is 0.0171. The molecule has 3 rings (SSSR count). The summed E-state index contributed by atoms with van der Waals surface area (Å²) in [6.07, 6.45) is 2.99. The first-order valence-electron chi connectivity index (χ1n) is 11.6. The second kappa shape index (κ2) is 11.3. The van der Waals surface area contributed by atoms with Gasteiger partial charge in [-0.15, -0.1) is 0 Å². The highest BCUT2D eigenvalue weighted by molar-refractivity contribution is 6.04. The number of carbonyl (C=O) groups excluding carboxylic acids is 2. The van der Waals surface area contributed by atoms with Gasteiger partial charge in [-0.25, -0.2) is 0 Å². The zero-order valence-corrected chi connectivity index (χ0v) is 21.2. The van der Waals surface area contributed by atoms with E-state index in [9.17, 15) is 9.59 Å². The van der Waals surface area contributed by atoms with Crippen LogP contribution in [0.15, 0.2) is 30.3 Å². The number of nitrogens with two attached hydrogens (primary N) is 1. The van der Waals surface area contributed by atoms with Crippen LogP contribution in [0.1, 0.15) is 43.4 Å². The molecular formula is C27H34N2O6. The number of methoxy groups -OCH3 is 4. The molecule has 0 aromatic heterocycles. The lowest BCUT2D eigenvalue weighted by Gasteiger charge is -2.21. The summed E-state index contributed by atoms with van der Waals surface area (Å²) in [6, 6.07) is 6.59. The predicted octanol–water partition coefficient (Wildman–Crippen LogP) is 3.98. The number of nitrogens with one attached hydrogen (secondary N) is 1. The van der Waals surface area contributed by atoms with E-state index in [1.165, 1.54) is 7.11 Å². The normalized spacial score (nSPS) is 13.9. The van der Waals surface area contributed by atoms with Gasteiger partial charge in [0.2, 0.25) is 11.7 Å². The van der Waals surface area contributed by atoms with Crippen LogP contribution in [0, 0.1) is 5.92 Å². The van der Waals surface area contributed by atoms with Gasteiger partial charge in [-0.1, -0.05) is 19.9 Å². The van der Waals surface area contributed by atoms with Crippen LogP contribution in [-0.4, -0.2) is 46.2 Å². The van der Waals surface area contributed by atoms with E-state index in [0.29, 0.717) is 53.5 Å². The minimum Gasteiger partial charge on any atom is -0.495 e. The number of benzene rings is 2. The molecule has 0 fully saturated rings. The van der Waals surface area contributed by atoms with Crippen LogP contribution in [-0.2, 0) is 16.0 Å². The van der Waals surface area contributed by atoms with Crippen molar-refractivity contribution in [2.45, 2.75) is 39.2 Å². The Morgan fingerprint density at radius 1 is 0.971 bits per heavy atom. The molecule has 8 heteroatoms. The van der Waals surface area contributed by atoms with Crippen LogP contribution in [0.4, 0.5) is 5.69 Å². The van der Waals surface area contributed by atoms with Crippen molar-refractivity contribution < 1.29 is 28.5 Å². The lowest BCUT2D eigenvalue weighted by Crippen LogP contribution is -2.36. The van der Waals surface area contributed by atoms with Crippen molar-refractivity contribution in [1.29, 1.82) is 0 Å². The smallest absolute Gasteiger partial charge is 0.241 e. The van der Waals surface area contributed by atoms with E-state index in [0.717, 1.165) is 16.7 Å². The Bertz CT molecular complexity index is 1140. The van der Waals surface area contributed by atoms with Crippen LogP contribution in [0.5, 0.6) is 23.0 Å². The number of anilines is 1. The SMILES string of the molecule is COc1ccc(C2=CC(=O)CCc3c2cc(OC)c(OC)c3OC)cc1NC(=O)C(N)CC(C)C. The monoisotopic (exact) mass is 482 g/mol. The van der Waals surface area contributed by atoms with Gasteiger partial charge in [-0.2, -0.15) is 0 Å². The van der Waals surface area contributed by atoms with E-state index in [2.05, 4.69) is 5.32 Å². The highest BCUT2D eigenvalue weighted by Crippen LogP contribution is 2.46. The first-order valence-corrected chi connectivity index (χ1v) is 11.6. The Morgan fingerprint density at radius 2 is 1.66 bits per heavy atom. The van der Waals surface area contributed by atoms with Crippen molar-refractivity contribution in [3.63, 3.8) is 0 Å². The van der Waals surface area contributed by atoms with E-state index in [-0.39, 0.29) is 17.6 Å². The number of hydrogen-bond acceptors (Lipinski definition) is 7. The molecule has 0 aliphatic heterocycles. The first-order chi connectivity index (χ1) is 16.7. The quantitative estimate of drug-likeness (QED) is 0.556. The van der Waals surface area contributed by atoms with Crippen LogP contribution < -0.4 is 30.0 Å². The number of allylic oxidation sites excluding steroid dienone is 1. The fourth-order valence-corrected chi connectivity index (χ4v) is 4.32. The Hall–Kier alpha value is -3.52. The molecule has 1 aliphatic carbocycles. The molecule has 2 aromatic carbocycles. The lowest BCUT2D eigenvalue weighted by atomic mass is 9.92. The predicted molar refractivity (Wildman–Crippen MR) is 136 cm³/mol. The molecule has 0 saturated heterocycles. The fourth-order valence-electron chi connectivity index (χ4n) is 4.32. The molecule has 1 amide bonds. The number of hydrogen-bond donors (Lipinski definition) is 2. The number of amides is 1. The standard InChI is InChI=1S/C27H34N2O6/c1-15(2)11-21(28)27(31)29-22-12-16(7-10-23(22)32-3)19-13-17(30)8-9-18-20(19)14-24(33-4)26(35-6)25(18)34-5/h7,10,12-15,21H,8-9,11,28H2,1-6H3,(H,29,31). The topological polar surface area (TPSA) is 109 Å². The number of ketones is 1. The maximum absolute atomic E-state index is 12.7. The van der Waals surface area contributed by atoms with E-state index in [1.54, 1.807) is 39.5 Å². The maximum Gasteiger partial charge on any atom is 0.241 e. The van der Waals surface area contributed by atoms with Crippen molar-refractivity contribution in [2.24, 2.45) is 11.7 Å². The maximum atomic E-state index is 12.7. The van der Waals surface area contributed by atoms with Crippen LogP contribution in [0.3, 0.4) is 0 Å². The van der Waals surface area contributed by atoms with Gasteiger partial charge in [0.1, 0.15) is 5.75 Å². The second-order valence-electron chi connectivity index (χ2n) is 8.84. The van der Waals surface area contributed by atoms with E-state index in [4.69, 9.17) is 24.7 Å². The van der Waals surface area contributed by atoms with Gasteiger partial charge < -0.3 is 30.0 Å². The average molecular weight is 483 g/mol. The van der Waals surface area contributed by atoms with Crippen molar-refractivity contribution in [2.75, 3.05) is 33.8 Å². The van der Waals surface area contributed by atoms with Gasteiger partial charge in [0.05, 0.1) is 40.2 Å². The van der Waals surface area contributed by atoms with Crippen LogP contribution >= 0.6 is 0 Å². The van der Waals surface area contributed by atoms with E-state index < -0.39 is 6.04 Å². The third-order valence-electron chi connectivity index (χ3n) is 5.98. The summed E-state index contributed by atoms with van der Waals surface area (Å²) < 4.78 is 22.3. The van der Waals surface area contributed by atoms with Crippen LogP contribution in [0.2, 0.25) is 0 Å². The van der Waals surface area contributed by atoms with E-state index >= 15 is 0 Å². The van der Waals surface area contributed by atoms with Crippen molar-refractivity contribution >= 4 is 23.0 Å². The number of rotatable bonds is 9. The Morgan fingerprint density at radius 3 is 2.26 bits per heavy atom. The van der Waals surface area contributed by atoms with Gasteiger partial charge in [0.25, 0.3) is 0 Å². The minimum atomic E-state index is -0.649. The van der Waals surface area contributed by atoms with Gasteiger partial charge >= 0.3 is 0 Å². The van der Waals surface area contributed by atoms with Gasteiger partial charge in [-0.05, 0) is 59.7 Å². The average Bonchev–Trinajstić information content (AvgIpc) is 3.00. The summed E-state index contributed by atoms with van der Waals surface area (Å²) in [6.45, 7) is 4.03. The Labute approximate surface area is 206 Å². The third-order valence-corrected chi connectivity index (χ3v) is 5.98. The number of carbonyl (C=O) groups is 2. The van der Waals surface area contributed by atoms with Gasteiger partial charge in [0.15, 0.2) is 17.3 Å². The summed E-state index contributed by atoms with van der Waals surface area (Å²) in [5, 5.41) is 2.89.